The van der Waals surface area contributed by atoms with Crippen molar-refractivity contribution in [3.05, 3.63) is 11.6 Å². The van der Waals surface area contributed by atoms with Crippen LogP contribution in [0.5, 0.6) is 0 Å². The van der Waals surface area contributed by atoms with Crippen LogP contribution in [-0.2, 0) is 24.0 Å². The van der Waals surface area contributed by atoms with Crippen molar-refractivity contribution in [2.24, 2.45) is 11.7 Å². The molecule has 0 spiro atoms. The van der Waals surface area contributed by atoms with Gasteiger partial charge in [-0.2, -0.15) is 13.2 Å². The smallest absolute Gasteiger partial charge is 0.381 e. The maximum absolute atomic E-state index is 12.8. The number of aromatic nitrogens is 3. The van der Waals surface area contributed by atoms with Gasteiger partial charge >= 0.3 is 6.18 Å². The molecule has 6 nitrogen and oxygen atoms in total. The van der Waals surface area contributed by atoms with Crippen molar-refractivity contribution in [3.63, 3.8) is 0 Å². The first-order valence-electron chi connectivity index (χ1n) is 7.00. The summed E-state index contributed by atoms with van der Waals surface area (Å²) in [5.74, 6) is -0.330. The molecule has 3 rings (SSSR count). The van der Waals surface area contributed by atoms with Crippen molar-refractivity contribution in [2.75, 3.05) is 26.3 Å². The summed E-state index contributed by atoms with van der Waals surface area (Å²) in [6.07, 6.45) is -3.63. The molecular weight excluding hydrogens is 287 g/mol. The Balaban J connectivity index is 1.66. The van der Waals surface area contributed by atoms with E-state index in [0.29, 0.717) is 32.1 Å². The van der Waals surface area contributed by atoms with Gasteiger partial charge in [-0.25, -0.2) is 0 Å². The Kier molecular flexibility index (Phi) is 3.89. The summed E-state index contributed by atoms with van der Waals surface area (Å²) < 4.78 is 44.9. The van der Waals surface area contributed by atoms with Gasteiger partial charge in [0.2, 0.25) is 5.82 Å². The molecule has 9 heteroatoms. The second-order valence-corrected chi connectivity index (χ2v) is 5.61. The van der Waals surface area contributed by atoms with Crippen LogP contribution in [0.2, 0.25) is 0 Å². The van der Waals surface area contributed by atoms with E-state index in [1.807, 2.05) is 0 Å². The van der Waals surface area contributed by atoms with E-state index >= 15 is 0 Å². The minimum Gasteiger partial charge on any atom is -0.381 e. The maximum atomic E-state index is 12.8. The van der Waals surface area contributed by atoms with Crippen molar-refractivity contribution in [3.8, 4) is 0 Å². The topological polar surface area (TPSA) is 69.2 Å². The molecule has 21 heavy (non-hydrogen) atoms. The molecule has 2 atom stereocenters. The number of rotatable bonds is 2. The fourth-order valence-electron chi connectivity index (χ4n) is 2.91. The molecule has 2 unspecified atom stereocenters. The minimum absolute atomic E-state index is 0.0873. The predicted octanol–water partition coefficient (Wildman–Crippen LogP) is 0.476. The molecule has 1 fully saturated rings. The lowest BCUT2D eigenvalue weighted by atomic mass is 9.96. The van der Waals surface area contributed by atoms with E-state index < -0.39 is 12.0 Å². The first-order chi connectivity index (χ1) is 9.95. The number of nitrogens with zero attached hydrogens (tertiary/aromatic N) is 4. The number of ether oxygens (including phenoxy) is 1. The van der Waals surface area contributed by atoms with Crippen LogP contribution in [0.1, 0.15) is 18.1 Å². The summed E-state index contributed by atoms with van der Waals surface area (Å²) in [4.78, 5) is 2.07. The maximum Gasteiger partial charge on any atom is 0.451 e. The second kappa shape index (κ2) is 5.54. The number of hydrogen-bond acceptors (Lipinski definition) is 5. The van der Waals surface area contributed by atoms with Crippen molar-refractivity contribution >= 4 is 0 Å². The molecule has 0 radical (unpaired) electrons. The molecule has 2 aliphatic rings. The molecular formula is C12H18F3N5O. The van der Waals surface area contributed by atoms with Gasteiger partial charge in [-0.15, -0.1) is 10.2 Å². The fourth-order valence-corrected chi connectivity index (χ4v) is 2.91. The van der Waals surface area contributed by atoms with Gasteiger partial charge in [0.05, 0.1) is 13.2 Å². The Morgan fingerprint density at radius 2 is 2.10 bits per heavy atom. The Morgan fingerprint density at radius 1 is 1.29 bits per heavy atom. The van der Waals surface area contributed by atoms with E-state index in [-0.39, 0.29) is 18.5 Å². The summed E-state index contributed by atoms with van der Waals surface area (Å²) in [5, 5.41) is 6.95. The number of fused-ring (bicyclic) bond motifs is 1. The van der Waals surface area contributed by atoms with Gasteiger partial charge < -0.3 is 15.0 Å². The summed E-state index contributed by atoms with van der Waals surface area (Å²) in [6, 6.07) is 0.0873. The number of alkyl halides is 3. The van der Waals surface area contributed by atoms with Crippen LogP contribution in [0, 0.1) is 5.92 Å². The van der Waals surface area contributed by atoms with Crippen LogP contribution in [0.4, 0.5) is 13.2 Å². The molecule has 2 aliphatic heterocycles. The summed E-state index contributed by atoms with van der Waals surface area (Å²) in [7, 11) is 0. The van der Waals surface area contributed by atoms with Crippen molar-refractivity contribution < 1.29 is 17.9 Å². The summed E-state index contributed by atoms with van der Waals surface area (Å²) in [5.41, 5.74) is 6.06. The molecule has 3 heterocycles. The molecule has 0 bridgehead atoms. The highest BCUT2D eigenvalue weighted by atomic mass is 19.4. The second-order valence-electron chi connectivity index (χ2n) is 5.61. The molecule has 2 N–H and O–H groups in total. The third kappa shape index (κ3) is 3.04. The van der Waals surface area contributed by atoms with Crippen LogP contribution in [0.15, 0.2) is 0 Å². The molecule has 0 saturated carbocycles. The van der Waals surface area contributed by atoms with E-state index in [0.717, 1.165) is 17.5 Å². The van der Waals surface area contributed by atoms with E-state index in [4.69, 9.17) is 10.5 Å². The lowest BCUT2D eigenvalue weighted by Gasteiger charge is -2.35. The summed E-state index contributed by atoms with van der Waals surface area (Å²) in [6.45, 7) is 3.16. The lowest BCUT2D eigenvalue weighted by molar-refractivity contribution is -0.148. The highest BCUT2D eigenvalue weighted by molar-refractivity contribution is 5.02. The number of hydrogen-bond donors (Lipinski definition) is 1. The van der Waals surface area contributed by atoms with Crippen molar-refractivity contribution in [2.45, 2.75) is 31.7 Å². The molecule has 1 saturated heterocycles. The normalized spacial score (nSPS) is 27.6. The van der Waals surface area contributed by atoms with E-state index in [1.54, 1.807) is 0 Å². The zero-order valence-electron chi connectivity index (χ0n) is 11.5. The molecule has 0 amide bonds. The highest BCUT2D eigenvalue weighted by Crippen LogP contribution is 2.29. The SMILES string of the molecule is NC1CCOCC1CN1CCn2c(nnc2C(F)(F)F)C1. The van der Waals surface area contributed by atoms with Gasteiger partial charge in [-0.3, -0.25) is 4.90 Å². The Bertz CT molecular complexity index is 504. The van der Waals surface area contributed by atoms with Gasteiger partial charge in [-0.05, 0) is 6.42 Å². The Morgan fingerprint density at radius 3 is 2.81 bits per heavy atom. The zero-order chi connectivity index (χ0) is 15.0. The standard InChI is InChI=1S/C12H18F3N5O/c13-12(14,15)11-18-17-10-6-19(2-3-20(10)11)5-8-7-21-4-1-9(8)16/h8-9H,1-7,16H2. The minimum atomic E-state index is -4.45. The summed E-state index contributed by atoms with van der Waals surface area (Å²) >= 11 is 0. The molecule has 0 aromatic carbocycles. The zero-order valence-corrected chi connectivity index (χ0v) is 11.5. The van der Waals surface area contributed by atoms with Gasteiger partial charge in [0.1, 0.15) is 5.82 Å². The Hall–Kier alpha value is -1.19. The van der Waals surface area contributed by atoms with Crippen molar-refractivity contribution in [1.82, 2.24) is 19.7 Å². The Labute approximate surface area is 120 Å². The van der Waals surface area contributed by atoms with Crippen LogP contribution in [0.25, 0.3) is 0 Å². The molecule has 0 aliphatic carbocycles. The molecule has 1 aromatic heterocycles. The van der Waals surface area contributed by atoms with E-state index in [1.165, 1.54) is 0 Å². The first-order valence-corrected chi connectivity index (χ1v) is 7.00. The molecule has 1 aromatic rings. The van der Waals surface area contributed by atoms with Crippen LogP contribution >= 0.6 is 0 Å². The van der Waals surface area contributed by atoms with Gasteiger partial charge in [0, 0.05) is 38.2 Å². The van der Waals surface area contributed by atoms with Crippen LogP contribution < -0.4 is 5.73 Å². The third-order valence-corrected chi connectivity index (χ3v) is 4.11. The fraction of sp³-hybridized carbons (Fsp3) is 0.833. The van der Waals surface area contributed by atoms with Gasteiger partial charge in [0.15, 0.2) is 0 Å². The number of nitrogens with two attached hydrogens (primary N) is 1. The third-order valence-electron chi connectivity index (χ3n) is 4.11. The highest BCUT2D eigenvalue weighted by Gasteiger charge is 2.39. The van der Waals surface area contributed by atoms with Crippen LogP contribution in [-0.4, -0.2) is 52.0 Å². The average molecular weight is 305 g/mol. The predicted molar refractivity (Wildman–Crippen MR) is 67.2 cm³/mol. The van der Waals surface area contributed by atoms with Gasteiger partial charge in [-0.1, -0.05) is 0 Å². The quantitative estimate of drug-likeness (QED) is 0.860. The largest absolute Gasteiger partial charge is 0.451 e. The monoisotopic (exact) mass is 305 g/mol. The van der Waals surface area contributed by atoms with E-state index in [9.17, 15) is 13.2 Å². The molecule has 118 valence electrons. The lowest BCUT2D eigenvalue weighted by Crippen LogP contribution is -2.47. The number of halogens is 3. The average Bonchev–Trinajstić information content (AvgIpc) is 2.84. The van der Waals surface area contributed by atoms with Gasteiger partial charge in [0.25, 0.3) is 0 Å². The first kappa shape index (κ1) is 14.7. The van der Waals surface area contributed by atoms with E-state index in [2.05, 4.69) is 15.1 Å². The van der Waals surface area contributed by atoms with Crippen LogP contribution in [0.3, 0.4) is 0 Å². The van der Waals surface area contributed by atoms with Crippen molar-refractivity contribution in [1.29, 1.82) is 0 Å².